The number of hydrogen-bond acceptors (Lipinski definition) is 2. The Balaban J connectivity index is 1.58. The molecule has 11 heteroatoms. The summed E-state index contributed by atoms with van der Waals surface area (Å²) in [6.07, 6.45) is -3.53. The number of alkyl halides is 5. The maximum absolute atomic E-state index is 15.2. The minimum absolute atomic E-state index is 0.171. The number of para-hydroxylation sites is 1. The number of unbranched alkanes of at least 4 members (excludes halogenated alkanes) is 1. The number of hydrogen-bond donors (Lipinski definition) is 0. The lowest BCUT2D eigenvalue weighted by Crippen LogP contribution is -2.26. The zero-order valence-electron chi connectivity index (χ0n) is 21.9. The van der Waals surface area contributed by atoms with Crippen molar-refractivity contribution in [2.24, 2.45) is 5.92 Å². The van der Waals surface area contributed by atoms with E-state index in [0.717, 1.165) is 56.4 Å². The first-order chi connectivity index (χ1) is 19.3. The topological polar surface area (TPSA) is 18.5 Å². The molecular formula is C30H27F9O2. The summed E-state index contributed by atoms with van der Waals surface area (Å²) in [5, 5.41) is 0. The van der Waals surface area contributed by atoms with Crippen LogP contribution in [-0.4, -0.2) is 6.36 Å². The zero-order chi connectivity index (χ0) is 29.9. The van der Waals surface area contributed by atoms with Crippen LogP contribution in [0.1, 0.15) is 68.9 Å². The highest BCUT2D eigenvalue weighted by Gasteiger charge is 2.42. The van der Waals surface area contributed by atoms with Crippen LogP contribution in [0, 0.1) is 29.2 Å². The summed E-state index contributed by atoms with van der Waals surface area (Å²) in [6, 6.07) is 7.16. The SMILES string of the molecule is CCCC[C@H]1CC[C@H](c2cc(F)c(C(F)(F)Oc3ccccc3-c3cc(F)c(OC(F)(F)F)c(F)c3)c(F)c2)CC1. The van der Waals surface area contributed by atoms with Crippen molar-refractivity contribution in [2.75, 3.05) is 0 Å². The maximum Gasteiger partial charge on any atom is 0.573 e. The number of benzene rings is 3. The molecule has 0 aromatic heterocycles. The molecule has 0 amide bonds. The molecule has 0 saturated heterocycles. The first-order valence-electron chi connectivity index (χ1n) is 13.2. The lowest BCUT2D eigenvalue weighted by Gasteiger charge is -2.29. The van der Waals surface area contributed by atoms with Gasteiger partial charge < -0.3 is 9.47 Å². The second-order valence-corrected chi connectivity index (χ2v) is 10.2. The van der Waals surface area contributed by atoms with Gasteiger partial charge in [-0.1, -0.05) is 44.4 Å². The normalized spacial score (nSPS) is 17.9. The molecule has 4 rings (SSSR count). The first-order valence-corrected chi connectivity index (χ1v) is 13.2. The Labute approximate surface area is 231 Å². The van der Waals surface area contributed by atoms with Gasteiger partial charge in [-0.2, -0.15) is 8.78 Å². The van der Waals surface area contributed by atoms with Gasteiger partial charge in [-0.15, -0.1) is 13.2 Å². The van der Waals surface area contributed by atoms with E-state index >= 15 is 17.6 Å². The molecule has 1 aliphatic carbocycles. The van der Waals surface area contributed by atoms with Crippen LogP contribution in [0.2, 0.25) is 0 Å². The minimum atomic E-state index is -5.38. The highest BCUT2D eigenvalue weighted by atomic mass is 19.4. The molecule has 3 aromatic carbocycles. The Bertz CT molecular complexity index is 1320. The molecule has 0 unspecified atom stereocenters. The quantitative estimate of drug-likeness (QED) is 0.231. The van der Waals surface area contributed by atoms with E-state index in [-0.39, 0.29) is 17.0 Å². The van der Waals surface area contributed by atoms with Gasteiger partial charge in [0.05, 0.1) is 0 Å². The van der Waals surface area contributed by atoms with Crippen LogP contribution < -0.4 is 9.47 Å². The molecule has 2 nitrogen and oxygen atoms in total. The maximum atomic E-state index is 15.2. The second-order valence-electron chi connectivity index (χ2n) is 10.2. The lowest BCUT2D eigenvalue weighted by molar-refractivity contribution is -0.276. The van der Waals surface area contributed by atoms with Crippen LogP contribution in [0.25, 0.3) is 11.1 Å². The smallest absolute Gasteiger partial charge is 0.428 e. The van der Waals surface area contributed by atoms with Gasteiger partial charge in [-0.05, 0) is 79.0 Å². The molecule has 0 N–H and O–H groups in total. The number of halogens is 9. The van der Waals surface area contributed by atoms with Crippen molar-refractivity contribution in [3.63, 3.8) is 0 Å². The Morgan fingerprint density at radius 2 is 1.34 bits per heavy atom. The van der Waals surface area contributed by atoms with Crippen molar-refractivity contribution in [1.82, 2.24) is 0 Å². The highest BCUT2D eigenvalue weighted by Crippen LogP contribution is 2.43. The lowest BCUT2D eigenvalue weighted by atomic mass is 9.77. The van der Waals surface area contributed by atoms with E-state index in [0.29, 0.717) is 30.9 Å². The van der Waals surface area contributed by atoms with Crippen molar-refractivity contribution < 1.29 is 49.0 Å². The molecule has 3 aromatic rings. The molecule has 0 spiro atoms. The van der Waals surface area contributed by atoms with Crippen molar-refractivity contribution in [3.05, 3.63) is 82.9 Å². The zero-order valence-corrected chi connectivity index (χ0v) is 21.9. The van der Waals surface area contributed by atoms with E-state index in [2.05, 4.69) is 11.7 Å². The number of rotatable bonds is 9. The third kappa shape index (κ3) is 7.29. The van der Waals surface area contributed by atoms with Gasteiger partial charge in [-0.25, -0.2) is 17.6 Å². The van der Waals surface area contributed by atoms with E-state index < -0.39 is 58.4 Å². The summed E-state index contributed by atoms with van der Waals surface area (Å²) in [6.45, 7) is 2.10. The Morgan fingerprint density at radius 3 is 1.90 bits per heavy atom. The predicted molar refractivity (Wildman–Crippen MR) is 134 cm³/mol. The van der Waals surface area contributed by atoms with Crippen molar-refractivity contribution in [2.45, 2.75) is 70.3 Å². The van der Waals surface area contributed by atoms with Crippen molar-refractivity contribution in [3.8, 4) is 22.6 Å². The standard InChI is InChI=1S/C30H27F9O2/c1-2-3-6-17-9-11-18(12-10-17)19-13-22(31)27(23(32)14-19)29(35,36)40-26-8-5-4-7-21(26)20-15-24(33)28(25(34)16-20)41-30(37,38)39/h4-5,7-8,13-18H,2-3,6,9-12H2,1H3/t17-,18-. The molecule has 1 fully saturated rings. The van der Waals surface area contributed by atoms with Gasteiger partial charge in [-0.3, -0.25) is 0 Å². The summed E-state index contributed by atoms with van der Waals surface area (Å²) >= 11 is 0. The average Bonchev–Trinajstić information content (AvgIpc) is 2.88. The molecule has 41 heavy (non-hydrogen) atoms. The van der Waals surface area contributed by atoms with Crippen molar-refractivity contribution >= 4 is 0 Å². The van der Waals surface area contributed by atoms with Gasteiger partial charge in [0, 0.05) is 5.56 Å². The number of ether oxygens (including phenoxy) is 2. The van der Waals surface area contributed by atoms with Crippen LogP contribution in [-0.2, 0) is 6.11 Å². The van der Waals surface area contributed by atoms with Gasteiger partial charge in [0.1, 0.15) is 22.9 Å². The molecular weight excluding hydrogens is 563 g/mol. The predicted octanol–water partition coefficient (Wildman–Crippen LogP) is 10.4. The first kappa shape index (κ1) is 30.6. The highest BCUT2D eigenvalue weighted by molar-refractivity contribution is 5.71. The monoisotopic (exact) mass is 590 g/mol. The van der Waals surface area contributed by atoms with Crippen LogP contribution in [0.3, 0.4) is 0 Å². The Morgan fingerprint density at radius 1 is 0.756 bits per heavy atom. The second kappa shape index (κ2) is 12.2. The molecule has 0 aliphatic heterocycles. The average molecular weight is 591 g/mol. The fourth-order valence-corrected chi connectivity index (χ4v) is 5.30. The molecule has 0 heterocycles. The van der Waals surface area contributed by atoms with Gasteiger partial charge in [0.15, 0.2) is 11.6 Å². The summed E-state index contributed by atoms with van der Waals surface area (Å²) < 4.78 is 134. The minimum Gasteiger partial charge on any atom is -0.428 e. The fourth-order valence-electron chi connectivity index (χ4n) is 5.30. The summed E-state index contributed by atoms with van der Waals surface area (Å²) in [5.74, 6) is -8.64. The van der Waals surface area contributed by atoms with E-state index in [9.17, 15) is 22.0 Å². The van der Waals surface area contributed by atoms with Gasteiger partial charge in [0.2, 0.25) is 5.75 Å². The van der Waals surface area contributed by atoms with Crippen molar-refractivity contribution in [1.29, 1.82) is 0 Å². The van der Waals surface area contributed by atoms with E-state index in [1.54, 1.807) is 0 Å². The third-order valence-corrected chi connectivity index (χ3v) is 7.29. The fraction of sp³-hybridized carbons (Fsp3) is 0.400. The van der Waals surface area contributed by atoms with Crippen LogP contribution in [0.4, 0.5) is 39.5 Å². The third-order valence-electron chi connectivity index (χ3n) is 7.29. The Hall–Kier alpha value is -3.37. The summed E-state index contributed by atoms with van der Waals surface area (Å²) in [5.41, 5.74) is -2.22. The van der Waals surface area contributed by atoms with Gasteiger partial charge >= 0.3 is 12.5 Å². The van der Waals surface area contributed by atoms with Crippen LogP contribution in [0.15, 0.2) is 48.5 Å². The molecule has 1 aliphatic rings. The molecule has 1 saturated carbocycles. The van der Waals surface area contributed by atoms with E-state index in [1.807, 2.05) is 0 Å². The largest absolute Gasteiger partial charge is 0.573 e. The molecule has 0 atom stereocenters. The van der Waals surface area contributed by atoms with E-state index in [1.165, 1.54) is 12.1 Å². The van der Waals surface area contributed by atoms with Crippen LogP contribution in [0.5, 0.6) is 11.5 Å². The van der Waals surface area contributed by atoms with Gasteiger partial charge in [0.25, 0.3) is 0 Å². The Kier molecular flexibility index (Phi) is 9.13. The summed E-state index contributed by atoms with van der Waals surface area (Å²) in [7, 11) is 0. The summed E-state index contributed by atoms with van der Waals surface area (Å²) in [4.78, 5) is 0. The van der Waals surface area contributed by atoms with E-state index in [4.69, 9.17) is 4.74 Å². The van der Waals surface area contributed by atoms with Crippen LogP contribution >= 0.6 is 0 Å². The molecule has 222 valence electrons. The molecule has 0 bridgehead atoms. The molecule has 0 radical (unpaired) electrons.